The Morgan fingerprint density at radius 1 is 1.35 bits per heavy atom. The summed E-state index contributed by atoms with van der Waals surface area (Å²) >= 11 is 0. The summed E-state index contributed by atoms with van der Waals surface area (Å²) in [7, 11) is 0. The highest BCUT2D eigenvalue weighted by Gasteiger charge is 2.20. The third-order valence-corrected chi connectivity index (χ3v) is 3.92. The van der Waals surface area contributed by atoms with Crippen molar-refractivity contribution in [2.24, 2.45) is 5.73 Å². The van der Waals surface area contributed by atoms with Gasteiger partial charge in [-0.25, -0.2) is 4.98 Å². The molecule has 0 aliphatic heterocycles. The number of fused-ring (bicyclic) bond motifs is 2. The van der Waals surface area contributed by atoms with Crippen LogP contribution in [0, 0.1) is 0 Å². The van der Waals surface area contributed by atoms with E-state index in [-0.39, 0.29) is 0 Å². The van der Waals surface area contributed by atoms with E-state index in [0.717, 1.165) is 36.5 Å². The Balaban J connectivity index is 2.17. The molecule has 5 heteroatoms. The molecule has 0 spiro atoms. The quantitative estimate of drug-likeness (QED) is 0.895. The summed E-state index contributed by atoms with van der Waals surface area (Å²) in [6.45, 7) is 5.71. The van der Waals surface area contributed by atoms with Gasteiger partial charge in [-0.2, -0.15) is 9.61 Å². The minimum atomic E-state index is 0.413. The second-order valence-corrected chi connectivity index (χ2v) is 5.80. The Hall–Kier alpha value is -1.62. The maximum Gasteiger partial charge on any atom is 0.157 e. The molecule has 1 aliphatic rings. The van der Waals surface area contributed by atoms with Crippen molar-refractivity contribution in [1.82, 2.24) is 14.6 Å². The lowest BCUT2D eigenvalue weighted by molar-refractivity contribution is 0.660. The number of hydrogen-bond donors (Lipinski definition) is 2. The van der Waals surface area contributed by atoms with E-state index in [9.17, 15) is 0 Å². The molecule has 20 heavy (non-hydrogen) atoms. The normalized spacial score (nSPS) is 14.8. The summed E-state index contributed by atoms with van der Waals surface area (Å²) in [5.74, 6) is 1.51. The van der Waals surface area contributed by atoms with Gasteiger partial charge in [0.1, 0.15) is 5.82 Å². The highest BCUT2D eigenvalue weighted by molar-refractivity contribution is 5.57. The summed E-state index contributed by atoms with van der Waals surface area (Å²) in [4.78, 5) is 4.82. The van der Waals surface area contributed by atoms with E-state index in [1.807, 2.05) is 4.52 Å². The first-order valence-electron chi connectivity index (χ1n) is 7.56. The van der Waals surface area contributed by atoms with Crippen LogP contribution in [0.25, 0.3) is 5.65 Å². The van der Waals surface area contributed by atoms with Crippen molar-refractivity contribution >= 4 is 11.5 Å². The van der Waals surface area contributed by atoms with Gasteiger partial charge in [-0.05, 0) is 31.6 Å². The Morgan fingerprint density at radius 2 is 2.15 bits per heavy atom. The molecule has 1 aliphatic carbocycles. The average molecular weight is 273 g/mol. The Morgan fingerprint density at radius 3 is 2.90 bits per heavy atom. The highest BCUT2D eigenvalue weighted by atomic mass is 15.3. The zero-order valence-electron chi connectivity index (χ0n) is 12.3. The predicted octanol–water partition coefficient (Wildman–Crippen LogP) is 2.10. The van der Waals surface area contributed by atoms with Gasteiger partial charge in [0.15, 0.2) is 5.65 Å². The number of hydrogen-bond acceptors (Lipinski definition) is 4. The maximum absolute atomic E-state index is 5.64. The van der Waals surface area contributed by atoms with Crippen molar-refractivity contribution in [3.63, 3.8) is 0 Å². The number of aromatic nitrogens is 3. The van der Waals surface area contributed by atoms with Crippen LogP contribution in [0.2, 0.25) is 0 Å². The summed E-state index contributed by atoms with van der Waals surface area (Å²) < 4.78 is 1.97. The van der Waals surface area contributed by atoms with E-state index in [2.05, 4.69) is 25.2 Å². The SMILES string of the molecule is CC(C)c1cc2nc3c(c(NCCN)n2n1)CCCC3. The molecule has 2 heterocycles. The third-order valence-electron chi connectivity index (χ3n) is 3.92. The van der Waals surface area contributed by atoms with Gasteiger partial charge in [-0.3, -0.25) is 0 Å². The summed E-state index contributed by atoms with van der Waals surface area (Å²) in [6, 6.07) is 2.10. The molecule has 0 saturated carbocycles. The van der Waals surface area contributed by atoms with E-state index in [1.165, 1.54) is 24.1 Å². The molecule has 108 valence electrons. The van der Waals surface area contributed by atoms with E-state index in [4.69, 9.17) is 15.8 Å². The first kappa shape index (κ1) is 13.4. The van der Waals surface area contributed by atoms with Crippen molar-refractivity contribution in [3.8, 4) is 0 Å². The van der Waals surface area contributed by atoms with Crippen LogP contribution in [0.1, 0.15) is 49.6 Å². The number of nitrogens with one attached hydrogen (secondary N) is 1. The number of rotatable bonds is 4. The van der Waals surface area contributed by atoms with Gasteiger partial charge in [0.05, 0.1) is 5.69 Å². The van der Waals surface area contributed by atoms with Gasteiger partial charge in [-0.15, -0.1) is 0 Å². The second kappa shape index (κ2) is 5.40. The van der Waals surface area contributed by atoms with Crippen LogP contribution in [0.15, 0.2) is 6.07 Å². The van der Waals surface area contributed by atoms with Crippen LogP contribution >= 0.6 is 0 Å². The zero-order valence-corrected chi connectivity index (χ0v) is 12.3. The summed E-state index contributed by atoms with van der Waals surface area (Å²) in [6.07, 6.45) is 4.63. The minimum Gasteiger partial charge on any atom is -0.368 e. The first-order chi connectivity index (χ1) is 9.70. The van der Waals surface area contributed by atoms with Crippen molar-refractivity contribution < 1.29 is 0 Å². The molecular formula is C15H23N5. The van der Waals surface area contributed by atoms with Crippen molar-refractivity contribution in [2.75, 3.05) is 18.4 Å². The molecule has 2 aromatic heterocycles. The number of nitrogens with two attached hydrogens (primary N) is 1. The fourth-order valence-corrected chi connectivity index (χ4v) is 2.82. The van der Waals surface area contributed by atoms with Crippen LogP contribution in [-0.2, 0) is 12.8 Å². The van der Waals surface area contributed by atoms with Crippen molar-refractivity contribution in [1.29, 1.82) is 0 Å². The molecule has 0 fully saturated rings. The molecular weight excluding hydrogens is 250 g/mol. The molecule has 0 atom stereocenters. The molecule has 0 aromatic carbocycles. The zero-order chi connectivity index (χ0) is 14.1. The third kappa shape index (κ3) is 2.26. The van der Waals surface area contributed by atoms with Crippen LogP contribution < -0.4 is 11.1 Å². The smallest absolute Gasteiger partial charge is 0.157 e. The molecule has 0 bridgehead atoms. The number of nitrogens with zero attached hydrogens (tertiary/aromatic N) is 3. The molecule has 2 aromatic rings. The van der Waals surface area contributed by atoms with Crippen LogP contribution in [0.3, 0.4) is 0 Å². The molecule has 0 unspecified atom stereocenters. The number of aryl methyl sites for hydroxylation is 1. The van der Waals surface area contributed by atoms with Gasteiger partial charge in [0, 0.05) is 30.4 Å². The molecule has 0 saturated heterocycles. The molecule has 5 nitrogen and oxygen atoms in total. The van der Waals surface area contributed by atoms with Crippen LogP contribution in [-0.4, -0.2) is 27.7 Å². The monoisotopic (exact) mass is 273 g/mol. The lowest BCUT2D eigenvalue weighted by Crippen LogP contribution is -2.19. The highest BCUT2D eigenvalue weighted by Crippen LogP contribution is 2.28. The lowest BCUT2D eigenvalue weighted by Gasteiger charge is -2.20. The topological polar surface area (TPSA) is 68.2 Å². The Bertz CT molecular complexity index is 614. The fourth-order valence-electron chi connectivity index (χ4n) is 2.82. The molecule has 0 radical (unpaired) electrons. The largest absolute Gasteiger partial charge is 0.368 e. The van der Waals surface area contributed by atoms with E-state index in [1.54, 1.807) is 0 Å². The predicted molar refractivity (Wildman–Crippen MR) is 81.3 cm³/mol. The van der Waals surface area contributed by atoms with Crippen LogP contribution in [0.4, 0.5) is 5.82 Å². The second-order valence-electron chi connectivity index (χ2n) is 5.80. The summed E-state index contributed by atoms with van der Waals surface area (Å²) in [5.41, 5.74) is 10.3. The van der Waals surface area contributed by atoms with Crippen molar-refractivity contribution in [2.45, 2.75) is 45.4 Å². The molecule has 3 rings (SSSR count). The fraction of sp³-hybridized carbons (Fsp3) is 0.600. The summed E-state index contributed by atoms with van der Waals surface area (Å²) in [5, 5.41) is 8.18. The van der Waals surface area contributed by atoms with Crippen molar-refractivity contribution in [3.05, 3.63) is 23.0 Å². The van der Waals surface area contributed by atoms with Gasteiger partial charge >= 0.3 is 0 Å². The maximum atomic E-state index is 5.64. The molecule has 3 N–H and O–H groups in total. The Labute approximate surface area is 119 Å². The van der Waals surface area contributed by atoms with Gasteiger partial charge < -0.3 is 11.1 Å². The standard InChI is InChI=1S/C15H23N5/c1-10(2)13-9-14-18-12-6-4-3-5-11(12)15(17-8-7-16)20(14)19-13/h9-10,17H,3-8,16H2,1-2H3. The van der Waals surface area contributed by atoms with E-state index < -0.39 is 0 Å². The minimum absolute atomic E-state index is 0.413. The van der Waals surface area contributed by atoms with Crippen LogP contribution in [0.5, 0.6) is 0 Å². The Kier molecular flexibility index (Phi) is 3.61. The number of anilines is 1. The lowest BCUT2D eigenvalue weighted by atomic mass is 9.96. The van der Waals surface area contributed by atoms with Gasteiger partial charge in [0.25, 0.3) is 0 Å². The molecule has 0 amide bonds. The van der Waals surface area contributed by atoms with E-state index >= 15 is 0 Å². The van der Waals surface area contributed by atoms with Gasteiger partial charge in [-0.1, -0.05) is 13.8 Å². The first-order valence-corrected chi connectivity index (χ1v) is 7.56. The average Bonchev–Trinajstić information content (AvgIpc) is 2.87. The van der Waals surface area contributed by atoms with E-state index in [0.29, 0.717) is 12.5 Å². The van der Waals surface area contributed by atoms with Gasteiger partial charge in [0.2, 0.25) is 0 Å².